The second-order valence-electron chi connectivity index (χ2n) is 6.96. The number of ether oxygens (including phenoxy) is 4. The molecule has 0 aliphatic carbocycles. The summed E-state index contributed by atoms with van der Waals surface area (Å²) in [5, 5.41) is 3.49. The second kappa shape index (κ2) is 10.4. The maximum atomic E-state index is 5.75. The molecule has 6 nitrogen and oxygen atoms in total. The first-order valence-corrected chi connectivity index (χ1v) is 10.2. The van der Waals surface area contributed by atoms with E-state index in [-0.39, 0.29) is 6.04 Å². The molecule has 2 aromatic carbocycles. The van der Waals surface area contributed by atoms with Crippen molar-refractivity contribution in [3.8, 4) is 23.0 Å². The van der Waals surface area contributed by atoms with Crippen LogP contribution in [0.3, 0.4) is 0 Å². The second-order valence-corrected chi connectivity index (χ2v) is 6.96. The summed E-state index contributed by atoms with van der Waals surface area (Å²) in [6.45, 7) is 6.45. The van der Waals surface area contributed by atoms with Crippen molar-refractivity contribution in [2.45, 2.75) is 19.4 Å². The predicted molar refractivity (Wildman–Crippen MR) is 115 cm³/mol. The molecule has 29 heavy (non-hydrogen) atoms. The third kappa shape index (κ3) is 4.77. The van der Waals surface area contributed by atoms with Crippen molar-refractivity contribution in [1.82, 2.24) is 10.2 Å². The first-order valence-electron chi connectivity index (χ1n) is 10.2. The molecule has 1 N–H and O–H groups in total. The van der Waals surface area contributed by atoms with E-state index in [1.165, 1.54) is 0 Å². The molecule has 1 saturated heterocycles. The molecule has 158 valence electrons. The van der Waals surface area contributed by atoms with Gasteiger partial charge in [0.05, 0.1) is 39.5 Å². The molecule has 0 saturated carbocycles. The predicted octanol–water partition coefficient (Wildman–Crippen LogP) is 3.50. The molecular formula is C23H32N2O4. The van der Waals surface area contributed by atoms with Crippen molar-refractivity contribution in [3.63, 3.8) is 0 Å². The minimum atomic E-state index is -0.0226. The highest BCUT2D eigenvalue weighted by Crippen LogP contribution is 2.43. The molecule has 3 rings (SSSR count). The molecule has 2 aromatic rings. The van der Waals surface area contributed by atoms with Crippen LogP contribution in [0.5, 0.6) is 23.0 Å². The highest BCUT2D eigenvalue weighted by atomic mass is 16.5. The minimum Gasteiger partial charge on any atom is -0.496 e. The van der Waals surface area contributed by atoms with Crippen LogP contribution >= 0.6 is 0 Å². The highest BCUT2D eigenvalue weighted by molar-refractivity contribution is 5.53. The largest absolute Gasteiger partial charge is 0.496 e. The molecule has 1 aliphatic heterocycles. The Morgan fingerprint density at radius 2 is 1.62 bits per heavy atom. The lowest BCUT2D eigenvalue weighted by Gasteiger charge is -2.33. The van der Waals surface area contributed by atoms with Gasteiger partial charge in [0.25, 0.3) is 0 Å². The number of benzene rings is 2. The molecule has 0 amide bonds. The van der Waals surface area contributed by atoms with Gasteiger partial charge in [0.2, 0.25) is 0 Å². The monoisotopic (exact) mass is 400 g/mol. The van der Waals surface area contributed by atoms with Crippen LogP contribution < -0.4 is 24.3 Å². The molecule has 1 heterocycles. The van der Waals surface area contributed by atoms with Gasteiger partial charge in [-0.25, -0.2) is 0 Å². The standard InChI is InChI=1S/C23H32N2O4/c1-5-29-18-11-10-17(16-21(18)28-4)23(25-14-7-12-24-13-15-25)22-19(26-2)8-6-9-20(22)27-3/h6,8-11,16,23-24H,5,7,12-15H2,1-4H3. The van der Waals surface area contributed by atoms with Crippen molar-refractivity contribution in [2.75, 3.05) is 54.1 Å². The lowest BCUT2D eigenvalue weighted by molar-refractivity contribution is 0.230. The Hall–Kier alpha value is -2.44. The quantitative estimate of drug-likeness (QED) is 0.732. The molecule has 1 fully saturated rings. The van der Waals surface area contributed by atoms with Crippen molar-refractivity contribution in [3.05, 3.63) is 47.5 Å². The van der Waals surface area contributed by atoms with Crippen molar-refractivity contribution in [1.29, 1.82) is 0 Å². The van der Waals surface area contributed by atoms with E-state index in [0.29, 0.717) is 6.61 Å². The summed E-state index contributed by atoms with van der Waals surface area (Å²) in [4.78, 5) is 2.48. The smallest absolute Gasteiger partial charge is 0.161 e. The molecule has 1 unspecified atom stereocenters. The van der Waals surface area contributed by atoms with Crippen molar-refractivity contribution < 1.29 is 18.9 Å². The average Bonchev–Trinajstić information content (AvgIpc) is 3.04. The number of hydrogen-bond donors (Lipinski definition) is 1. The molecule has 1 aliphatic rings. The first kappa shape index (κ1) is 21.3. The Morgan fingerprint density at radius 3 is 2.28 bits per heavy atom. The Bertz CT molecular complexity index is 766. The van der Waals surface area contributed by atoms with Crippen LogP contribution in [-0.4, -0.2) is 59.0 Å². The summed E-state index contributed by atoms with van der Waals surface area (Å²) in [6, 6.07) is 12.1. The van der Waals surface area contributed by atoms with E-state index in [1.807, 2.05) is 31.2 Å². The van der Waals surface area contributed by atoms with Gasteiger partial charge in [-0.15, -0.1) is 0 Å². The van der Waals surface area contributed by atoms with E-state index >= 15 is 0 Å². The zero-order valence-corrected chi connectivity index (χ0v) is 17.9. The zero-order chi connectivity index (χ0) is 20.6. The lowest BCUT2D eigenvalue weighted by atomic mass is 9.94. The average molecular weight is 401 g/mol. The lowest BCUT2D eigenvalue weighted by Crippen LogP contribution is -2.33. The third-order valence-electron chi connectivity index (χ3n) is 5.28. The van der Waals surface area contributed by atoms with Crippen LogP contribution in [0.15, 0.2) is 36.4 Å². The van der Waals surface area contributed by atoms with Gasteiger partial charge >= 0.3 is 0 Å². The molecule has 0 radical (unpaired) electrons. The van der Waals surface area contributed by atoms with E-state index in [4.69, 9.17) is 18.9 Å². The molecular weight excluding hydrogens is 368 g/mol. The van der Waals surface area contributed by atoms with E-state index < -0.39 is 0 Å². The van der Waals surface area contributed by atoms with Crippen molar-refractivity contribution in [2.24, 2.45) is 0 Å². The van der Waals surface area contributed by atoms with E-state index in [2.05, 4.69) is 22.3 Å². The van der Waals surface area contributed by atoms with Crippen molar-refractivity contribution >= 4 is 0 Å². The summed E-state index contributed by atoms with van der Waals surface area (Å²) in [7, 11) is 5.09. The third-order valence-corrected chi connectivity index (χ3v) is 5.28. The molecule has 1 atom stereocenters. The van der Waals surface area contributed by atoms with Gasteiger partial charge in [-0.3, -0.25) is 4.90 Å². The van der Waals surface area contributed by atoms with Crippen LogP contribution in [0.1, 0.15) is 30.5 Å². The van der Waals surface area contributed by atoms with Gasteiger partial charge in [-0.05, 0) is 49.7 Å². The number of nitrogens with zero attached hydrogens (tertiary/aromatic N) is 1. The molecule has 0 spiro atoms. The summed E-state index contributed by atoms with van der Waals surface area (Å²) in [6.07, 6.45) is 1.09. The number of rotatable bonds is 8. The summed E-state index contributed by atoms with van der Waals surface area (Å²) in [5.74, 6) is 3.12. The van der Waals surface area contributed by atoms with Crippen LogP contribution in [0.4, 0.5) is 0 Å². The summed E-state index contributed by atoms with van der Waals surface area (Å²) < 4.78 is 22.9. The van der Waals surface area contributed by atoms with Gasteiger partial charge in [0.1, 0.15) is 11.5 Å². The number of hydrogen-bond acceptors (Lipinski definition) is 6. The normalized spacial score (nSPS) is 16.0. The van der Waals surface area contributed by atoms with Gasteiger partial charge in [-0.1, -0.05) is 12.1 Å². The fraction of sp³-hybridized carbons (Fsp3) is 0.478. The van der Waals surface area contributed by atoms with Crippen LogP contribution in [0, 0.1) is 0 Å². The minimum absolute atomic E-state index is 0.0226. The fourth-order valence-corrected chi connectivity index (χ4v) is 3.96. The zero-order valence-electron chi connectivity index (χ0n) is 17.9. The molecule has 0 aromatic heterocycles. The number of methoxy groups -OCH3 is 3. The van der Waals surface area contributed by atoms with Gasteiger partial charge < -0.3 is 24.3 Å². The Kier molecular flexibility index (Phi) is 7.61. The van der Waals surface area contributed by atoms with Gasteiger partial charge in [-0.2, -0.15) is 0 Å². The molecule has 6 heteroatoms. The van der Waals surface area contributed by atoms with E-state index in [0.717, 1.165) is 66.7 Å². The molecule has 0 bridgehead atoms. The van der Waals surface area contributed by atoms with Crippen LogP contribution in [0.25, 0.3) is 0 Å². The Balaban J connectivity index is 2.15. The topological polar surface area (TPSA) is 52.2 Å². The first-order chi connectivity index (χ1) is 14.2. The van der Waals surface area contributed by atoms with Gasteiger partial charge in [0, 0.05) is 19.6 Å². The van der Waals surface area contributed by atoms with Gasteiger partial charge in [0.15, 0.2) is 11.5 Å². The maximum absolute atomic E-state index is 5.75. The Labute approximate surface area is 173 Å². The SMILES string of the molecule is CCOc1ccc(C(c2c(OC)cccc2OC)N2CCCNCC2)cc1OC. The summed E-state index contributed by atoms with van der Waals surface area (Å²) in [5.41, 5.74) is 2.15. The Morgan fingerprint density at radius 1 is 0.897 bits per heavy atom. The fourth-order valence-electron chi connectivity index (χ4n) is 3.96. The number of nitrogens with one attached hydrogen (secondary N) is 1. The van der Waals surface area contributed by atoms with Crippen LogP contribution in [-0.2, 0) is 0 Å². The van der Waals surface area contributed by atoms with Crippen LogP contribution in [0.2, 0.25) is 0 Å². The maximum Gasteiger partial charge on any atom is 0.161 e. The van der Waals surface area contributed by atoms with E-state index in [9.17, 15) is 0 Å². The van der Waals surface area contributed by atoms with E-state index in [1.54, 1.807) is 21.3 Å². The summed E-state index contributed by atoms with van der Waals surface area (Å²) >= 11 is 0. The highest BCUT2D eigenvalue weighted by Gasteiger charge is 2.29.